The molecule has 0 aliphatic heterocycles. The summed E-state index contributed by atoms with van der Waals surface area (Å²) in [5.74, 6) is -0.636. The van der Waals surface area contributed by atoms with Crippen molar-refractivity contribution in [1.82, 2.24) is 5.32 Å². The van der Waals surface area contributed by atoms with E-state index in [1.807, 2.05) is 29.2 Å². The molecule has 5 nitrogen and oxygen atoms in total. The Morgan fingerprint density at radius 3 is 2.55 bits per heavy atom. The van der Waals surface area contributed by atoms with Gasteiger partial charge in [0.2, 0.25) is 0 Å². The lowest BCUT2D eigenvalue weighted by Crippen LogP contribution is -2.46. The van der Waals surface area contributed by atoms with Crippen molar-refractivity contribution < 1.29 is 19.3 Å². The zero-order valence-corrected chi connectivity index (χ0v) is 14.6. The summed E-state index contributed by atoms with van der Waals surface area (Å²) in [6, 6.07) is 5.87. The Kier molecular flexibility index (Phi) is 6.11. The molecule has 0 spiro atoms. The summed E-state index contributed by atoms with van der Waals surface area (Å²) in [5, 5.41) is 12.2. The summed E-state index contributed by atoms with van der Waals surface area (Å²) < 4.78 is 5.11. The van der Waals surface area contributed by atoms with Crippen LogP contribution in [0.4, 0.5) is 0 Å². The molecular formula is C15H19BINO4. The third-order valence-corrected chi connectivity index (χ3v) is 4.05. The van der Waals surface area contributed by atoms with Crippen molar-refractivity contribution >= 4 is 39.0 Å². The average molecular weight is 415 g/mol. The van der Waals surface area contributed by atoms with Gasteiger partial charge in [-0.3, -0.25) is 9.59 Å². The summed E-state index contributed by atoms with van der Waals surface area (Å²) in [6.45, 7) is 1.81. The van der Waals surface area contributed by atoms with E-state index in [2.05, 4.69) is 5.32 Å². The first-order chi connectivity index (χ1) is 10.5. The first-order valence-electron chi connectivity index (χ1n) is 7.42. The molecule has 1 aromatic rings. The second-order valence-electron chi connectivity index (χ2n) is 5.50. The van der Waals surface area contributed by atoms with Crippen LogP contribution in [0.25, 0.3) is 0 Å². The molecule has 1 fully saturated rings. The smallest absolute Gasteiger partial charge is 0.428 e. The fraction of sp³-hybridized carbons (Fsp3) is 0.467. The highest BCUT2D eigenvalue weighted by molar-refractivity contribution is 14.1. The van der Waals surface area contributed by atoms with Gasteiger partial charge in [0.15, 0.2) is 0 Å². The number of halogens is 1. The van der Waals surface area contributed by atoms with E-state index in [9.17, 15) is 14.7 Å². The van der Waals surface area contributed by atoms with Crippen molar-refractivity contribution in [2.75, 3.05) is 0 Å². The Hall–Kier alpha value is -1.25. The van der Waals surface area contributed by atoms with Gasteiger partial charge in [-0.05, 0) is 43.9 Å². The minimum absolute atomic E-state index is 0.117. The lowest BCUT2D eigenvalue weighted by Gasteiger charge is -2.31. The van der Waals surface area contributed by atoms with E-state index in [4.69, 9.17) is 4.65 Å². The van der Waals surface area contributed by atoms with Gasteiger partial charge in [-0.25, -0.2) is 0 Å². The van der Waals surface area contributed by atoms with Crippen molar-refractivity contribution in [3.8, 4) is 5.75 Å². The van der Waals surface area contributed by atoms with Crippen LogP contribution in [-0.2, 0) is 9.45 Å². The summed E-state index contributed by atoms with van der Waals surface area (Å²) >= 11 is 2.04. The molecule has 1 unspecified atom stereocenters. The molecule has 2 N–H and O–H groups in total. The minimum atomic E-state index is -0.285. The molecule has 2 rings (SSSR count). The number of rotatable bonds is 4. The first kappa shape index (κ1) is 17.1. The Balaban J connectivity index is 2.03. The van der Waals surface area contributed by atoms with Crippen LogP contribution >= 0.6 is 22.4 Å². The molecule has 1 saturated carbocycles. The maximum atomic E-state index is 12.3. The first-order valence-corrected chi connectivity index (χ1v) is 8.66. The number of nitrogens with one attached hydrogen (secondary N) is 1. The van der Waals surface area contributed by atoms with E-state index in [1.165, 1.54) is 12.1 Å². The largest absolute Gasteiger partial charge is 0.525 e. The second kappa shape index (κ2) is 7.85. The molecule has 7 heteroatoms. The fourth-order valence-electron chi connectivity index (χ4n) is 2.70. The van der Waals surface area contributed by atoms with Gasteiger partial charge in [-0.15, -0.1) is 0 Å². The van der Waals surface area contributed by atoms with Crippen LogP contribution in [0.5, 0.6) is 5.75 Å². The predicted octanol–water partition coefficient (Wildman–Crippen LogP) is 2.78. The number of benzene rings is 1. The molecule has 0 aromatic heterocycles. The number of hydrogen-bond donors (Lipinski definition) is 2. The molecule has 1 aliphatic rings. The molecule has 0 radical (unpaired) electrons. The van der Waals surface area contributed by atoms with E-state index in [0.29, 0.717) is 5.56 Å². The topological polar surface area (TPSA) is 75.6 Å². The van der Waals surface area contributed by atoms with E-state index < -0.39 is 0 Å². The third-order valence-electron chi connectivity index (χ3n) is 3.79. The van der Waals surface area contributed by atoms with Crippen LogP contribution in [0.3, 0.4) is 0 Å². The molecule has 22 heavy (non-hydrogen) atoms. The Labute approximate surface area is 143 Å². The van der Waals surface area contributed by atoms with Crippen LogP contribution in [-0.4, -0.2) is 27.8 Å². The predicted molar refractivity (Wildman–Crippen MR) is 93.0 cm³/mol. The normalized spacial score (nSPS) is 21.0. The van der Waals surface area contributed by atoms with Crippen molar-refractivity contribution in [2.24, 2.45) is 5.92 Å². The summed E-state index contributed by atoms with van der Waals surface area (Å²) in [6.07, 6.45) is 3.48. The molecule has 1 amide bonds. The van der Waals surface area contributed by atoms with Gasteiger partial charge in [-0.2, -0.15) is 0 Å². The highest BCUT2D eigenvalue weighted by atomic mass is 127. The molecule has 0 heterocycles. The SMILES string of the molecule is CB(I)OC(=O)[C@H]1CCCCC1NC(=O)c1ccc(O)cc1. The lowest BCUT2D eigenvalue weighted by molar-refractivity contribution is -0.140. The number of phenolic OH excluding ortho intramolecular Hbond substituents is 1. The number of aromatic hydroxyl groups is 1. The van der Waals surface area contributed by atoms with Gasteiger partial charge < -0.3 is 15.1 Å². The maximum absolute atomic E-state index is 12.3. The van der Waals surface area contributed by atoms with Gasteiger partial charge in [-0.1, -0.05) is 35.2 Å². The van der Waals surface area contributed by atoms with E-state index in [0.717, 1.165) is 25.7 Å². The number of carbonyl (C=O) groups excluding carboxylic acids is 2. The quantitative estimate of drug-likeness (QED) is 0.586. The van der Waals surface area contributed by atoms with E-state index in [-0.39, 0.29) is 34.4 Å². The molecule has 1 aliphatic carbocycles. The highest BCUT2D eigenvalue weighted by Crippen LogP contribution is 2.26. The maximum Gasteiger partial charge on any atom is 0.428 e. The number of amides is 1. The zero-order chi connectivity index (χ0) is 16.1. The number of phenols is 1. The monoisotopic (exact) mass is 415 g/mol. The molecular weight excluding hydrogens is 396 g/mol. The van der Waals surface area contributed by atoms with Crippen LogP contribution in [0.1, 0.15) is 36.0 Å². The standard InChI is InChI=1S/C15H19BINO4/c1-16(17)22-15(21)12-4-2-3-5-13(12)18-14(20)10-6-8-11(19)9-7-10/h6-9,12-13,19H,2-5H2,1H3,(H,18,20)/t12-,13?/m0/s1. The highest BCUT2D eigenvalue weighted by Gasteiger charge is 2.34. The minimum Gasteiger partial charge on any atom is -0.525 e. The van der Waals surface area contributed by atoms with Crippen LogP contribution in [0.2, 0.25) is 6.82 Å². The Morgan fingerprint density at radius 2 is 1.91 bits per heavy atom. The van der Waals surface area contributed by atoms with Crippen molar-refractivity contribution in [3.63, 3.8) is 0 Å². The second-order valence-corrected chi connectivity index (χ2v) is 7.25. The molecule has 1 aromatic carbocycles. The molecule has 118 valence electrons. The lowest BCUT2D eigenvalue weighted by atomic mass is 9.84. The molecule has 0 saturated heterocycles. The van der Waals surface area contributed by atoms with Crippen molar-refractivity contribution in [3.05, 3.63) is 29.8 Å². The van der Waals surface area contributed by atoms with E-state index >= 15 is 0 Å². The van der Waals surface area contributed by atoms with Crippen LogP contribution in [0.15, 0.2) is 24.3 Å². The zero-order valence-electron chi connectivity index (χ0n) is 12.4. The molecule has 2 atom stereocenters. The summed E-state index contributed by atoms with van der Waals surface area (Å²) in [4.78, 5) is 24.4. The Bertz CT molecular complexity index is 535. The van der Waals surface area contributed by atoms with E-state index in [1.54, 1.807) is 12.1 Å². The number of carbonyl (C=O) groups is 2. The third kappa shape index (κ3) is 4.62. The van der Waals surface area contributed by atoms with Gasteiger partial charge in [0.1, 0.15) is 5.75 Å². The number of hydrogen-bond acceptors (Lipinski definition) is 4. The van der Waals surface area contributed by atoms with Gasteiger partial charge in [0, 0.05) is 11.6 Å². The van der Waals surface area contributed by atoms with Crippen LogP contribution in [0, 0.1) is 5.92 Å². The van der Waals surface area contributed by atoms with Crippen molar-refractivity contribution in [1.29, 1.82) is 0 Å². The fourth-order valence-corrected chi connectivity index (χ4v) is 2.95. The average Bonchev–Trinajstić information content (AvgIpc) is 2.47. The van der Waals surface area contributed by atoms with Crippen molar-refractivity contribution in [2.45, 2.75) is 38.5 Å². The Morgan fingerprint density at radius 1 is 1.27 bits per heavy atom. The van der Waals surface area contributed by atoms with Gasteiger partial charge in [0.25, 0.3) is 11.9 Å². The molecule has 0 bridgehead atoms. The van der Waals surface area contributed by atoms with Gasteiger partial charge in [0.05, 0.1) is 5.92 Å². The van der Waals surface area contributed by atoms with Gasteiger partial charge >= 0.3 is 4.77 Å². The summed E-state index contributed by atoms with van der Waals surface area (Å²) in [5.41, 5.74) is 0.470. The van der Waals surface area contributed by atoms with Crippen LogP contribution < -0.4 is 5.32 Å². The summed E-state index contributed by atoms with van der Waals surface area (Å²) in [7, 11) is 0.